The molecule has 0 N–H and O–H groups in total. The third-order valence-corrected chi connectivity index (χ3v) is 7.12. The maximum atomic E-state index is 6.24. The Balaban J connectivity index is 1.73. The molecule has 0 aromatic heterocycles. The van der Waals surface area contributed by atoms with Crippen LogP contribution in [0.25, 0.3) is 0 Å². The van der Waals surface area contributed by atoms with Gasteiger partial charge in [0.25, 0.3) is 0 Å². The summed E-state index contributed by atoms with van der Waals surface area (Å²) in [6.45, 7) is 5.62. The number of benzene rings is 2. The Hall–Kier alpha value is -1.08. The van der Waals surface area contributed by atoms with Crippen molar-refractivity contribution in [2.45, 2.75) is 37.6 Å². The summed E-state index contributed by atoms with van der Waals surface area (Å²) in [5.74, 6) is 1.91. The predicted molar refractivity (Wildman–Crippen MR) is 98.5 cm³/mol. The van der Waals surface area contributed by atoms with Crippen molar-refractivity contribution in [3.63, 3.8) is 0 Å². The van der Waals surface area contributed by atoms with Crippen LogP contribution in [0.1, 0.15) is 31.7 Å². The summed E-state index contributed by atoms with van der Waals surface area (Å²) in [4.78, 5) is 0. The van der Waals surface area contributed by atoms with Gasteiger partial charge in [0.15, 0.2) is 0 Å². The zero-order chi connectivity index (χ0) is 16.1. The van der Waals surface area contributed by atoms with Crippen LogP contribution in [0.2, 0.25) is 5.32 Å². The van der Waals surface area contributed by atoms with Gasteiger partial charge in [-0.15, -0.1) is 0 Å². The van der Waals surface area contributed by atoms with Crippen molar-refractivity contribution in [3.8, 4) is 0 Å². The fourth-order valence-corrected chi connectivity index (χ4v) is 5.90. The van der Waals surface area contributed by atoms with E-state index in [0.29, 0.717) is 38.8 Å². The molecule has 0 saturated carbocycles. The van der Waals surface area contributed by atoms with E-state index >= 15 is 0 Å². The molecule has 0 amide bonds. The van der Waals surface area contributed by atoms with Crippen molar-refractivity contribution < 1.29 is 4.74 Å². The van der Waals surface area contributed by atoms with Crippen molar-refractivity contribution >= 4 is 19.4 Å². The van der Waals surface area contributed by atoms with Crippen LogP contribution < -0.4 is 4.46 Å². The third-order valence-electron chi connectivity index (χ3n) is 4.81. The summed E-state index contributed by atoms with van der Waals surface area (Å²) >= 11 is 0.498. The molecule has 0 aliphatic carbocycles. The van der Waals surface area contributed by atoms with Crippen LogP contribution in [0.4, 0.5) is 0 Å². The molecule has 0 bridgehead atoms. The fraction of sp³-hybridized carbons (Fsp3) is 0.429. The molecule has 2 aromatic carbocycles. The molecule has 0 radical (unpaired) electrons. The van der Waals surface area contributed by atoms with Crippen molar-refractivity contribution in [1.29, 1.82) is 0 Å². The molecule has 1 nitrogen and oxygen atoms in total. The predicted octanol–water partition coefficient (Wildman–Crippen LogP) is 4.28. The van der Waals surface area contributed by atoms with E-state index in [0.717, 1.165) is 13.0 Å². The number of rotatable bonds is 5. The molecule has 1 aliphatic heterocycles. The second-order valence-electron chi connectivity index (χ2n) is 6.66. The van der Waals surface area contributed by atoms with E-state index in [1.807, 2.05) is 0 Å². The van der Waals surface area contributed by atoms with E-state index < -0.39 is 0 Å². The first-order valence-electron chi connectivity index (χ1n) is 8.60. The first-order chi connectivity index (χ1) is 11.3. The third kappa shape index (κ3) is 4.26. The monoisotopic (exact) mass is 374 g/mol. The van der Waals surface area contributed by atoms with Gasteiger partial charge in [-0.25, -0.2) is 0 Å². The Morgan fingerprint density at radius 1 is 1.00 bits per heavy atom. The van der Waals surface area contributed by atoms with E-state index in [4.69, 9.17) is 4.74 Å². The molecule has 3 atom stereocenters. The van der Waals surface area contributed by atoms with Crippen molar-refractivity contribution in [1.82, 2.24) is 0 Å². The van der Waals surface area contributed by atoms with Gasteiger partial charge >= 0.3 is 146 Å². The Kier molecular flexibility index (Phi) is 5.94. The van der Waals surface area contributed by atoms with Crippen molar-refractivity contribution in [3.05, 3.63) is 66.2 Å². The van der Waals surface area contributed by atoms with Crippen LogP contribution in [0.15, 0.2) is 60.7 Å². The molecule has 2 aromatic rings. The molecule has 122 valence electrons. The minimum absolute atomic E-state index is 0.397. The zero-order valence-corrected chi connectivity index (χ0v) is 15.7. The van der Waals surface area contributed by atoms with Gasteiger partial charge in [0.1, 0.15) is 0 Å². The fourth-order valence-electron chi connectivity index (χ4n) is 3.75. The molecule has 1 aliphatic rings. The van der Waals surface area contributed by atoms with Crippen molar-refractivity contribution in [2.75, 3.05) is 6.61 Å². The molecule has 2 heteroatoms. The molecule has 3 rings (SSSR count). The normalized spacial score (nSPS) is 24.7. The average molecular weight is 373 g/mol. The quantitative estimate of drug-likeness (QED) is 0.711. The first-order valence-corrected chi connectivity index (χ1v) is 10.7. The van der Waals surface area contributed by atoms with Gasteiger partial charge in [-0.2, -0.15) is 0 Å². The van der Waals surface area contributed by atoms with Crippen molar-refractivity contribution in [2.24, 2.45) is 11.8 Å². The van der Waals surface area contributed by atoms with Gasteiger partial charge in [-0.3, -0.25) is 0 Å². The summed E-state index contributed by atoms with van der Waals surface area (Å²) in [6, 6.07) is 21.9. The summed E-state index contributed by atoms with van der Waals surface area (Å²) in [6.07, 6.45) is 1.55. The molecule has 1 saturated heterocycles. The maximum absolute atomic E-state index is 6.24. The van der Waals surface area contributed by atoms with Gasteiger partial charge < -0.3 is 0 Å². The second kappa shape index (κ2) is 8.15. The second-order valence-corrected chi connectivity index (χ2v) is 8.95. The Morgan fingerprint density at radius 3 is 2.30 bits per heavy atom. The molecule has 1 fully saturated rings. The standard InChI is InChI=1S/C21H26OSe/c1-16(2)21-19(17-9-5-3-6-10-17)13-14-22-20(21)15-23-18-11-7-4-8-12-18/h3-12,16,19-21H,13-15H2,1-2H3/t19-,20-,21-/m0/s1. The van der Waals surface area contributed by atoms with Crippen LogP contribution in [-0.4, -0.2) is 27.7 Å². The Labute approximate surface area is 146 Å². The molecule has 0 spiro atoms. The SMILES string of the molecule is CC(C)[C@@H]1[C@H](C[Se]c2ccccc2)OCC[C@H]1c1ccccc1. The van der Waals surface area contributed by atoms with Crippen LogP contribution in [-0.2, 0) is 4.74 Å². The topological polar surface area (TPSA) is 9.23 Å². The van der Waals surface area contributed by atoms with Crippen LogP contribution >= 0.6 is 0 Å². The van der Waals surface area contributed by atoms with Crippen LogP contribution in [0.5, 0.6) is 0 Å². The summed E-state index contributed by atoms with van der Waals surface area (Å²) in [7, 11) is 0. The molecule has 1 heterocycles. The first kappa shape index (κ1) is 16.8. The van der Waals surface area contributed by atoms with Gasteiger partial charge in [0.2, 0.25) is 0 Å². The van der Waals surface area contributed by atoms with E-state index in [-0.39, 0.29) is 0 Å². The zero-order valence-electron chi connectivity index (χ0n) is 14.0. The molecule has 0 unspecified atom stereocenters. The Bertz CT molecular complexity index is 581. The van der Waals surface area contributed by atoms with Gasteiger partial charge in [0.05, 0.1) is 0 Å². The van der Waals surface area contributed by atoms with Gasteiger partial charge in [-0.1, -0.05) is 0 Å². The van der Waals surface area contributed by atoms with Crippen LogP contribution in [0.3, 0.4) is 0 Å². The molecular weight excluding hydrogens is 347 g/mol. The summed E-state index contributed by atoms with van der Waals surface area (Å²) in [5.41, 5.74) is 1.49. The Morgan fingerprint density at radius 2 is 1.65 bits per heavy atom. The van der Waals surface area contributed by atoms with E-state index in [1.54, 1.807) is 0 Å². The summed E-state index contributed by atoms with van der Waals surface area (Å²) < 4.78 is 7.72. The van der Waals surface area contributed by atoms with E-state index in [9.17, 15) is 0 Å². The van der Waals surface area contributed by atoms with E-state index in [2.05, 4.69) is 74.5 Å². The number of hydrogen-bond donors (Lipinski definition) is 0. The van der Waals surface area contributed by atoms with Gasteiger partial charge in [0, 0.05) is 0 Å². The van der Waals surface area contributed by atoms with Gasteiger partial charge in [-0.05, 0) is 0 Å². The minimum atomic E-state index is 0.397. The molecule has 23 heavy (non-hydrogen) atoms. The molecular formula is C21H26OSe. The average Bonchev–Trinajstić information content (AvgIpc) is 2.61. The van der Waals surface area contributed by atoms with Crippen LogP contribution in [0, 0.1) is 11.8 Å². The number of hydrogen-bond acceptors (Lipinski definition) is 1. The van der Waals surface area contributed by atoms with E-state index in [1.165, 1.54) is 15.3 Å². The summed E-state index contributed by atoms with van der Waals surface area (Å²) in [5, 5.41) is 1.18. The number of ether oxygens (including phenoxy) is 1.